The van der Waals surface area contributed by atoms with Crippen LogP contribution in [0.4, 0.5) is 10.8 Å². The fourth-order valence-electron chi connectivity index (χ4n) is 1.12. The van der Waals surface area contributed by atoms with Gasteiger partial charge >= 0.3 is 0 Å². The molecule has 7 nitrogen and oxygen atoms in total. The molecule has 9 heteroatoms. The van der Waals surface area contributed by atoms with Gasteiger partial charge in [-0.05, 0) is 11.5 Å². The minimum Gasteiger partial charge on any atom is -0.382 e. The smallest absolute Gasteiger partial charge is 0.257 e. The van der Waals surface area contributed by atoms with E-state index in [4.69, 9.17) is 5.73 Å². The molecule has 0 fully saturated rings. The second-order valence-electron chi connectivity index (χ2n) is 3.41. The van der Waals surface area contributed by atoms with Gasteiger partial charge in [-0.2, -0.15) is 4.37 Å². The summed E-state index contributed by atoms with van der Waals surface area (Å²) in [5.74, 6) is -0.229. The first-order valence-electron chi connectivity index (χ1n) is 4.74. The summed E-state index contributed by atoms with van der Waals surface area (Å²) < 4.78 is 25.7. The average molecular weight is 278 g/mol. The first-order chi connectivity index (χ1) is 7.85. The molecule has 1 aromatic rings. The second kappa shape index (κ2) is 5.32. The van der Waals surface area contributed by atoms with E-state index >= 15 is 0 Å². The Balaban J connectivity index is 2.75. The molecule has 4 N–H and O–H groups in total. The summed E-state index contributed by atoms with van der Waals surface area (Å²) in [5, 5.41) is 5.76. The Labute approximate surface area is 103 Å². The topological polar surface area (TPSA) is 114 Å². The van der Waals surface area contributed by atoms with Gasteiger partial charge in [-0.3, -0.25) is 4.79 Å². The van der Waals surface area contributed by atoms with Gasteiger partial charge in [0.15, 0.2) is 5.82 Å². The predicted molar refractivity (Wildman–Crippen MR) is 68.1 cm³/mol. The molecule has 0 radical (unpaired) electrons. The van der Waals surface area contributed by atoms with Crippen molar-refractivity contribution in [2.45, 2.75) is 0 Å². The molecule has 0 aliphatic rings. The van der Waals surface area contributed by atoms with Gasteiger partial charge in [0.2, 0.25) is 0 Å². The highest BCUT2D eigenvalue weighted by Crippen LogP contribution is 2.26. The minimum atomic E-state index is -3.04. The number of hydrogen-bond acceptors (Lipinski definition) is 7. The molecular formula is C8H14N4O3S2. The summed E-state index contributed by atoms with van der Waals surface area (Å²) >= 11 is 1.03. The molecule has 1 amide bonds. The summed E-state index contributed by atoms with van der Waals surface area (Å²) in [6.45, 7) is 0.213. The van der Waals surface area contributed by atoms with Gasteiger partial charge in [-0.15, -0.1) is 0 Å². The van der Waals surface area contributed by atoms with Gasteiger partial charge in [0.25, 0.3) is 5.91 Å². The molecule has 1 heterocycles. The number of anilines is 2. The fraction of sp³-hybridized carbons (Fsp3) is 0.500. The summed E-state index contributed by atoms with van der Waals surface area (Å²) in [6, 6.07) is 0. The van der Waals surface area contributed by atoms with E-state index in [9.17, 15) is 13.2 Å². The van der Waals surface area contributed by atoms with Crippen molar-refractivity contribution >= 4 is 38.1 Å². The van der Waals surface area contributed by atoms with Crippen molar-refractivity contribution in [1.29, 1.82) is 0 Å². The number of hydrogen-bond donors (Lipinski definition) is 3. The molecule has 0 saturated heterocycles. The summed E-state index contributed by atoms with van der Waals surface area (Å²) in [6.07, 6.45) is 1.15. The van der Waals surface area contributed by atoms with Crippen LogP contribution in [0, 0.1) is 0 Å². The number of nitrogen functional groups attached to an aromatic ring is 1. The third kappa shape index (κ3) is 3.86. The predicted octanol–water partition coefficient (Wildman–Crippen LogP) is -0.459. The van der Waals surface area contributed by atoms with Crippen LogP contribution >= 0.6 is 11.5 Å². The fourth-order valence-corrected chi connectivity index (χ4v) is 2.33. The van der Waals surface area contributed by atoms with Crippen LogP contribution < -0.4 is 16.4 Å². The Morgan fingerprint density at radius 3 is 2.71 bits per heavy atom. The molecule has 0 spiro atoms. The standard InChI is InChI=1S/C8H14N4O3S2/c1-10-7(13)5-6(9)12-16-8(5)11-3-4-17(2,14)15/h11H,3-4H2,1-2H3,(H2,9,12)(H,10,13). The second-order valence-corrected chi connectivity index (χ2v) is 6.44. The van der Waals surface area contributed by atoms with Crippen LogP contribution in [0.1, 0.15) is 10.4 Å². The lowest BCUT2D eigenvalue weighted by Gasteiger charge is -2.05. The first kappa shape index (κ1) is 13.7. The van der Waals surface area contributed by atoms with Crippen LogP contribution in [0.3, 0.4) is 0 Å². The first-order valence-corrected chi connectivity index (χ1v) is 7.57. The Hall–Kier alpha value is -1.35. The number of nitrogens with two attached hydrogens (primary N) is 1. The number of nitrogens with one attached hydrogen (secondary N) is 2. The van der Waals surface area contributed by atoms with E-state index in [1.165, 1.54) is 7.05 Å². The van der Waals surface area contributed by atoms with Crippen LogP contribution in [-0.2, 0) is 9.84 Å². The van der Waals surface area contributed by atoms with E-state index in [0.29, 0.717) is 5.00 Å². The van der Waals surface area contributed by atoms with Gasteiger partial charge in [0.1, 0.15) is 20.4 Å². The highest BCUT2D eigenvalue weighted by atomic mass is 32.2. The van der Waals surface area contributed by atoms with Crippen molar-refractivity contribution < 1.29 is 13.2 Å². The number of aromatic nitrogens is 1. The van der Waals surface area contributed by atoms with Crippen molar-refractivity contribution in [3.05, 3.63) is 5.56 Å². The number of amides is 1. The number of nitrogens with zero attached hydrogens (tertiary/aromatic N) is 1. The van der Waals surface area contributed by atoms with E-state index < -0.39 is 9.84 Å². The Bertz CT molecular complexity index is 509. The lowest BCUT2D eigenvalue weighted by atomic mass is 10.3. The average Bonchev–Trinajstić information content (AvgIpc) is 2.57. The van der Waals surface area contributed by atoms with Crippen molar-refractivity contribution in [3.8, 4) is 0 Å². The van der Waals surface area contributed by atoms with Crippen molar-refractivity contribution in [3.63, 3.8) is 0 Å². The van der Waals surface area contributed by atoms with E-state index in [-0.39, 0.29) is 29.6 Å². The third-order valence-corrected chi connectivity index (χ3v) is 3.70. The zero-order chi connectivity index (χ0) is 13.1. The largest absolute Gasteiger partial charge is 0.382 e. The van der Waals surface area contributed by atoms with Crippen molar-refractivity contribution in [2.75, 3.05) is 36.7 Å². The van der Waals surface area contributed by atoms with Gasteiger partial charge < -0.3 is 16.4 Å². The van der Waals surface area contributed by atoms with E-state index in [0.717, 1.165) is 17.8 Å². The van der Waals surface area contributed by atoms with E-state index in [1.54, 1.807) is 0 Å². The normalized spacial score (nSPS) is 11.2. The molecule has 0 aliphatic heterocycles. The molecule has 1 aromatic heterocycles. The van der Waals surface area contributed by atoms with Gasteiger partial charge in [-0.25, -0.2) is 8.42 Å². The number of rotatable bonds is 5. The van der Waals surface area contributed by atoms with Crippen molar-refractivity contribution in [1.82, 2.24) is 9.69 Å². The van der Waals surface area contributed by atoms with E-state index in [1.807, 2.05) is 0 Å². The third-order valence-electron chi connectivity index (χ3n) is 1.93. The van der Waals surface area contributed by atoms with Crippen molar-refractivity contribution in [2.24, 2.45) is 0 Å². The Kier molecular flexibility index (Phi) is 4.29. The summed E-state index contributed by atoms with van der Waals surface area (Å²) in [5.41, 5.74) is 5.81. The van der Waals surface area contributed by atoms with E-state index in [2.05, 4.69) is 15.0 Å². The SMILES string of the molecule is CNC(=O)c1c(N)nsc1NCCS(C)(=O)=O. The van der Waals surface area contributed by atoms with Crippen LogP contribution in [0.25, 0.3) is 0 Å². The number of carbonyl (C=O) groups excluding carboxylic acids is 1. The molecular weight excluding hydrogens is 264 g/mol. The minimum absolute atomic E-state index is 0.0159. The monoisotopic (exact) mass is 278 g/mol. The van der Waals surface area contributed by atoms with Gasteiger partial charge in [0, 0.05) is 19.8 Å². The zero-order valence-corrected chi connectivity index (χ0v) is 11.1. The van der Waals surface area contributed by atoms with Gasteiger partial charge in [0.05, 0.1) is 5.75 Å². The maximum atomic E-state index is 11.5. The molecule has 17 heavy (non-hydrogen) atoms. The number of carbonyl (C=O) groups is 1. The van der Waals surface area contributed by atoms with Crippen LogP contribution in [0.5, 0.6) is 0 Å². The Morgan fingerprint density at radius 2 is 2.18 bits per heavy atom. The summed E-state index contributed by atoms with van der Waals surface area (Å²) in [4.78, 5) is 11.5. The molecule has 96 valence electrons. The molecule has 0 atom stereocenters. The van der Waals surface area contributed by atoms with Crippen LogP contribution in [0.2, 0.25) is 0 Å². The molecule has 1 rings (SSSR count). The van der Waals surface area contributed by atoms with Gasteiger partial charge in [-0.1, -0.05) is 0 Å². The van der Waals surface area contributed by atoms with Crippen LogP contribution in [0.15, 0.2) is 0 Å². The number of sulfone groups is 1. The summed E-state index contributed by atoms with van der Waals surface area (Å²) in [7, 11) is -1.55. The zero-order valence-electron chi connectivity index (χ0n) is 9.48. The Morgan fingerprint density at radius 1 is 1.53 bits per heavy atom. The molecule has 0 saturated carbocycles. The van der Waals surface area contributed by atoms with Crippen LogP contribution in [-0.4, -0.2) is 44.3 Å². The lowest BCUT2D eigenvalue weighted by Crippen LogP contribution is -2.21. The lowest BCUT2D eigenvalue weighted by molar-refractivity contribution is 0.0965. The maximum absolute atomic E-state index is 11.5. The molecule has 0 aliphatic carbocycles. The molecule has 0 aromatic carbocycles. The quantitative estimate of drug-likeness (QED) is 0.671. The highest BCUT2D eigenvalue weighted by Gasteiger charge is 2.18. The maximum Gasteiger partial charge on any atom is 0.257 e. The molecule has 0 unspecified atom stereocenters. The molecule has 0 bridgehead atoms. The highest BCUT2D eigenvalue weighted by molar-refractivity contribution is 7.90.